The van der Waals surface area contributed by atoms with E-state index >= 15 is 0 Å². The summed E-state index contributed by atoms with van der Waals surface area (Å²) in [6, 6.07) is 1.80. The van der Waals surface area contributed by atoms with Crippen molar-refractivity contribution in [1.82, 2.24) is 4.98 Å². The van der Waals surface area contributed by atoms with E-state index in [-0.39, 0.29) is 0 Å². The zero-order valence-corrected chi connectivity index (χ0v) is 7.76. The van der Waals surface area contributed by atoms with Crippen molar-refractivity contribution in [3.63, 3.8) is 0 Å². The summed E-state index contributed by atoms with van der Waals surface area (Å²) >= 11 is 5.92. The van der Waals surface area contributed by atoms with Crippen molar-refractivity contribution in [3.05, 3.63) is 22.8 Å². The summed E-state index contributed by atoms with van der Waals surface area (Å²) in [6.07, 6.45) is 1.64. The number of pyridine rings is 1. The van der Waals surface area contributed by atoms with Crippen LogP contribution in [0.1, 0.15) is 5.56 Å². The minimum atomic E-state index is 0.436. The van der Waals surface area contributed by atoms with Crippen LogP contribution in [0.4, 0.5) is 0 Å². The number of aromatic nitrogens is 1. The van der Waals surface area contributed by atoms with E-state index in [2.05, 4.69) is 4.98 Å². The van der Waals surface area contributed by atoms with Crippen molar-refractivity contribution in [1.29, 1.82) is 0 Å². The molecule has 4 heteroatoms. The van der Waals surface area contributed by atoms with Gasteiger partial charge in [0.15, 0.2) is 0 Å². The van der Waals surface area contributed by atoms with Crippen LogP contribution in [-0.4, -0.2) is 19.2 Å². The molecule has 0 saturated carbocycles. The van der Waals surface area contributed by atoms with Gasteiger partial charge in [-0.15, -0.1) is 0 Å². The minimum absolute atomic E-state index is 0.436. The zero-order valence-electron chi connectivity index (χ0n) is 7.00. The highest BCUT2D eigenvalue weighted by Gasteiger charge is 2.06. The average Bonchev–Trinajstić information content (AvgIpc) is 2.09. The molecule has 0 aromatic carbocycles. The first kappa shape index (κ1) is 9.29. The monoisotopic (exact) mass is 187 g/mol. The Hall–Kier alpha value is -0.800. The van der Waals surface area contributed by atoms with E-state index in [4.69, 9.17) is 21.1 Å². The van der Waals surface area contributed by atoms with Crippen LogP contribution in [0.25, 0.3) is 0 Å². The number of methoxy groups -OCH3 is 2. The molecule has 3 nitrogen and oxygen atoms in total. The highest BCUT2D eigenvalue weighted by atomic mass is 35.5. The fraction of sp³-hybridized carbons (Fsp3) is 0.375. The molecule has 0 fully saturated rings. The van der Waals surface area contributed by atoms with Crippen LogP contribution in [-0.2, 0) is 11.3 Å². The van der Waals surface area contributed by atoms with Crippen LogP contribution in [0, 0.1) is 0 Å². The SMILES string of the molecule is COCc1ccnc(OC)c1Cl. The molecule has 0 unspecified atom stereocenters. The topological polar surface area (TPSA) is 31.4 Å². The Morgan fingerprint density at radius 3 is 2.83 bits per heavy atom. The predicted octanol–water partition coefficient (Wildman–Crippen LogP) is 1.89. The maximum Gasteiger partial charge on any atom is 0.232 e. The molecule has 12 heavy (non-hydrogen) atoms. The highest BCUT2D eigenvalue weighted by molar-refractivity contribution is 6.32. The van der Waals surface area contributed by atoms with Crippen LogP contribution >= 0.6 is 11.6 Å². The third-order valence-corrected chi connectivity index (χ3v) is 1.83. The van der Waals surface area contributed by atoms with Crippen molar-refractivity contribution in [2.75, 3.05) is 14.2 Å². The normalized spacial score (nSPS) is 9.92. The van der Waals surface area contributed by atoms with Crippen molar-refractivity contribution in [2.24, 2.45) is 0 Å². The van der Waals surface area contributed by atoms with Crippen LogP contribution in [0.5, 0.6) is 5.88 Å². The smallest absolute Gasteiger partial charge is 0.232 e. The Morgan fingerprint density at radius 2 is 2.25 bits per heavy atom. The number of nitrogens with zero attached hydrogens (tertiary/aromatic N) is 1. The summed E-state index contributed by atoms with van der Waals surface area (Å²) in [7, 11) is 3.15. The summed E-state index contributed by atoms with van der Waals surface area (Å²) in [5, 5.41) is 0.516. The molecule has 1 heterocycles. The van der Waals surface area contributed by atoms with Gasteiger partial charge in [0, 0.05) is 18.9 Å². The molecule has 0 N–H and O–H groups in total. The lowest BCUT2D eigenvalue weighted by Gasteiger charge is -2.05. The van der Waals surface area contributed by atoms with Crippen LogP contribution in [0.15, 0.2) is 12.3 Å². The first-order chi connectivity index (χ1) is 5.79. The lowest BCUT2D eigenvalue weighted by Crippen LogP contribution is -1.94. The Morgan fingerprint density at radius 1 is 1.50 bits per heavy atom. The number of ether oxygens (including phenoxy) is 2. The van der Waals surface area contributed by atoms with Crippen molar-refractivity contribution >= 4 is 11.6 Å². The molecular weight excluding hydrogens is 178 g/mol. The molecule has 1 rings (SSSR count). The molecule has 1 aromatic heterocycles. The zero-order chi connectivity index (χ0) is 8.97. The number of hydrogen-bond donors (Lipinski definition) is 0. The second kappa shape index (κ2) is 4.28. The van der Waals surface area contributed by atoms with E-state index in [1.165, 1.54) is 7.11 Å². The number of rotatable bonds is 3. The van der Waals surface area contributed by atoms with E-state index in [0.717, 1.165) is 5.56 Å². The quantitative estimate of drug-likeness (QED) is 0.724. The molecule has 0 aliphatic rings. The van der Waals surface area contributed by atoms with E-state index in [0.29, 0.717) is 17.5 Å². The van der Waals surface area contributed by atoms with Gasteiger partial charge < -0.3 is 9.47 Å². The highest BCUT2D eigenvalue weighted by Crippen LogP contribution is 2.25. The maximum absolute atomic E-state index is 5.92. The van der Waals surface area contributed by atoms with Gasteiger partial charge in [0.1, 0.15) is 5.02 Å². The van der Waals surface area contributed by atoms with Gasteiger partial charge in [-0.05, 0) is 6.07 Å². The molecule has 0 amide bonds. The Balaban J connectivity index is 2.97. The molecule has 66 valence electrons. The molecule has 0 spiro atoms. The van der Waals surface area contributed by atoms with Crippen molar-refractivity contribution in [3.8, 4) is 5.88 Å². The van der Waals surface area contributed by atoms with Gasteiger partial charge in [0.05, 0.1) is 13.7 Å². The fourth-order valence-electron chi connectivity index (χ4n) is 0.871. The second-order valence-corrected chi connectivity index (χ2v) is 2.60. The average molecular weight is 188 g/mol. The van der Waals surface area contributed by atoms with Crippen LogP contribution in [0.2, 0.25) is 5.02 Å². The maximum atomic E-state index is 5.92. The van der Waals surface area contributed by atoms with Gasteiger partial charge in [-0.3, -0.25) is 0 Å². The minimum Gasteiger partial charge on any atom is -0.480 e. The molecule has 1 aromatic rings. The standard InChI is InChI=1S/C8H10ClNO2/c1-11-5-6-3-4-10-8(12-2)7(6)9/h3-4H,5H2,1-2H3. The van der Waals surface area contributed by atoms with Gasteiger partial charge in [0.2, 0.25) is 5.88 Å². The summed E-state index contributed by atoms with van der Waals surface area (Å²) in [5.41, 5.74) is 0.881. The third-order valence-electron chi connectivity index (χ3n) is 1.43. The number of halogens is 1. The van der Waals surface area contributed by atoms with Crippen LogP contribution < -0.4 is 4.74 Å². The largest absolute Gasteiger partial charge is 0.480 e. The summed E-state index contributed by atoms with van der Waals surface area (Å²) < 4.78 is 9.87. The second-order valence-electron chi connectivity index (χ2n) is 2.23. The first-order valence-electron chi connectivity index (χ1n) is 3.46. The van der Waals surface area contributed by atoms with E-state index in [1.807, 2.05) is 0 Å². The fourth-order valence-corrected chi connectivity index (χ4v) is 1.11. The van der Waals surface area contributed by atoms with Crippen LogP contribution in [0.3, 0.4) is 0 Å². The van der Waals surface area contributed by atoms with Crippen molar-refractivity contribution in [2.45, 2.75) is 6.61 Å². The number of hydrogen-bond acceptors (Lipinski definition) is 3. The molecule has 0 aliphatic heterocycles. The van der Waals surface area contributed by atoms with E-state index in [1.54, 1.807) is 19.4 Å². The van der Waals surface area contributed by atoms with Gasteiger partial charge in [-0.1, -0.05) is 11.6 Å². The lowest BCUT2D eigenvalue weighted by molar-refractivity contribution is 0.184. The Kier molecular flexibility index (Phi) is 3.31. The summed E-state index contributed by atoms with van der Waals surface area (Å²) in [4.78, 5) is 3.93. The van der Waals surface area contributed by atoms with Gasteiger partial charge >= 0.3 is 0 Å². The van der Waals surface area contributed by atoms with E-state index < -0.39 is 0 Å². The summed E-state index contributed by atoms with van der Waals surface area (Å²) in [5.74, 6) is 0.436. The lowest BCUT2D eigenvalue weighted by atomic mass is 10.3. The predicted molar refractivity (Wildman–Crippen MR) is 46.5 cm³/mol. The third kappa shape index (κ3) is 1.87. The molecular formula is C8H10ClNO2. The van der Waals surface area contributed by atoms with Gasteiger partial charge in [-0.25, -0.2) is 4.98 Å². The molecule has 0 atom stereocenters. The van der Waals surface area contributed by atoms with E-state index in [9.17, 15) is 0 Å². The van der Waals surface area contributed by atoms with Gasteiger partial charge in [-0.2, -0.15) is 0 Å². The van der Waals surface area contributed by atoms with Crippen molar-refractivity contribution < 1.29 is 9.47 Å². The molecule has 0 radical (unpaired) electrons. The Bertz CT molecular complexity index is 265. The van der Waals surface area contributed by atoms with Gasteiger partial charge in [0.25, 0.3) is 0 Å². The summed E-state index contributed by atoms with van der Waals surface area (Å²) in [6.45, 7) is 0.470. The molecule has 0 aliphatic carbocycles. The molecule has 0 saturated heterocycles. The molecule has 0 bridgehead atoms. The first-order valence-corrected chi connectivity index (χ1v) is 3.83. The Labute approximate surface area is 76.3 Å².